The molecule has 0 spiro atoms. The van der Waals surface area contributed by atoms with Gasteiger partial charge in [-0.05, 0) is 36.8 Å². The normalized spacial score (nSPS) is 10.7. The van der Waals surface area contributed by atoms with Gasteiger partial charge in [-0.3, -0.25) is 14.2 Å². The fraction of sp³-hybridized carbons (Fsp3) is 0.263. The number of rotatable bonds is 10. The van der Waals surface area contributed by atoms with E-state index in [1.807, 2.05) is 31.2 Å². The highest BCUT2D eigenvalue weighted by Crippen LogP contribution is 2.24. The largest absolute Gasteiger partial charge is 0.492 e. The van der Waals surface area contributed by atoms with E-state index >= 15 is 0 Å². The van der Waals surface area contributed by atoms with E-state index in [1.54, 1.807) is 12.1 Å². The highest BCUT2D eigenvalue weighted by Gasteiger charge is 2.18. The summed E-state index contributed by atoms with van der Waals surface area (Å²) >= 11 is 1.16. The molecule has 2 heterocycles. The van der Waals surface area contributed by atoms with Gasteiger partial charge in [0.05, 0.1) is 18.6 Å². The molecule has 0 radical (unpaired) electrons. The van der Waals surface area contributed by atoms with Gasteiger partial charge < -0.3 is 20.2 Å². The van der Waals surface area contributed by atoms with Crippen LogP contribution in [0.5, 0.6) is 5.75 Å². The van der Waals surface area contributed by atoms with Gasteiger partial charge in [-0.1, -0.05) is 23.9 Å². The molecule has 0 unspecified atom stereocenters. The molecule has 10 heteroatoms. The molecular weight excluding hydrogens is 394 g/mol. The van der Waals surface area contributed by atoms with Crippen LogP contribution < -0.4 is 15.8 Å². The molecule has 2 amide bonds. The quantitative estimate of drug-likeness (QED) is 0.381. The standard InChI is InChI=1S/C19H21N5O4S/c1-13-4-2-5-14(10-13)27-9-7-21-17(26)12-29-19-23-22-18(15-6-3-8-28-15)24(19)11-16(20)25/h2-6,8,10H,7,9,11-12H2,1H3,(H2,20,25)(H,21,26). The molecule has 3 rings (SSSR count). The van der Waals surface area contributed by atoms with E-state index in [9.17, 15) is 9.59 Å². The summed E-state index contributed by atoms with van der Waals surface area (Å²) in [7, 11) is 0. The number of hydrogen-bond donors (Lipinski definition) is 2. The van der Waals surface area contributed by atoms with Crippen LogP contribution in [-0.4, -0.2) is 45.5 Å². The highest BCUT2D eigenvalue weighted by molar-refractivity contribution is 7.99. The van der Waals surface area contributed by atoms with Crippen LogP contribution in [0.1, 0.15) is 5.56 Å². The average Bonchev–Trinajstić information content (AvgIpc) is 3.33. The fourth-order valence-corrected chi connectivity index (χ4v) is 3.30. The molecule has 29 heavy (non-hydrogen) atoms. The maximum Gasteiger partial charge on any atom is 0.237 e. The third kappa shape index (κ3) is 5.85. The van der Waals surface area contributed by atoms with Crippen molar-refractivity contribution in [3.63, 3.8) is 0 Å². The van der Waals surface area contributed by atoms with Gasteiger partial charge in [0.2, 0.25) is 17.6 Å². The molecule has 0 aliphatic carbocycles. The molecule has 152 valence electrons. The van der Waals surface area contributed by atoms with Crippen LogP contribution in [0.2, 0.25) is 0 Å². The number of ether oxygens (including phenoxy) is 1. The number of hydrogen-bond acceptors (Lipinski definition) is 7. The summed E-state index contributed by atoms with van der Waals surface area (Å²) < 4.78 is 12.4. The topological polar surface area (TPSA) is 125 Å². The summed E-state index contributed by atoms with van der Waals surface area (Å²) in [6.45, 7) is 2.61. The van der Waals surface area contributed by atoms with E-state index in [4.69, 9.17) is 14.9 Å². The lowest BCUT2D eigenvalue weighted by atomic mass is 10.2. The molecule has 0 bridgehead atoms. The summed E-state index contributed by atoms with van der Waals surface area (Å²) in [6.07, 6.45) is 1.50. The number of nitrogens with two attached hydrogens (primary N) is 1. The summed E-state index contributed by atoms with van der Waals surface area (Å²) in [5.41, 5.74) is 6.43. The van der Waals surface area contributed by atoms with Crippen LogP contribution in [0.4, 0.5) is 0 Å². The minimum atomic E-state index is -0.544. The second-order valence-corrected chi connectivity index (χ2v) is 7.08. The van der Waals surface area contributed by atoms with Gasteiger partial charge in [0.25, 0.3) is 0 Å². The molecule has 3 aromatic rings. The number of carbonyl (C=O) groups excluding carboxylic acids is 2. The van der Waals surface area contributed by atoms with E-state index in [0.29, 0.717) is 29.9 Å². The van der Waals surface area contributed by atoms with Crippen LogP contribution in [0.25, 0.3) is 11.6 Å². The van der Waals surface area contributed by atoms with Crippen molar-refractivity contribution < 1.29 is 18.7 Å². The number of aryl methyl sites for hydroxylation is 1. The molecule has 3 N–H and O–H groups in total. The van der Waals surface area contributed by atoms with Gasteiger partial charge >= 0.3 is 0 Å². The number of aromatic nitrogens is 3. The molecular formula is C19H21N5O4S. The first-order valence-corrected chi connectivity index (χ1v) is 9.86. The monoisotopic (exact) mass is 415 g/mol. The van der Waals surface area contributed by atoms with Gasteiger partial charge in [0.15, 0.2) is 10.9 Å². The Hall–Kier alpha value is -3.27. The Balaban J connectivity index is 1.50. The molecule has 0 saturated carbocycles. The highest BCUT2D eigenvalue weighted by atomic mass is 32.2. The lowest BCUT2D eigenvalue weighted by Gasteiger charge is -2.09. The van der Waals surface area contributed by atoms with Crippen LogP contribution in [0, 0.1) is 6.92 Å². The average molecular weight is 415 g/mol. The zero-order valence-corrected chi connectivity index (χ0v) is 16.6. The fourth-order valence-electron chi connectivity index (χ4n) is 2.53. The second kappa shape index (κ2) is 9.78. The van der Waals surface area contributed by atoms with E-state index in [0.717, 1.165) is 23.1 Å². The van der Waals surface area contributed by atoms with Crippen LogP contribution in [0.15, 0.2) is 52.2 Å². The number of thioether (sulfide) groups is 1. The Morgan fingerprint density at radius 1 is 1.28 bits per heavy atom. The smallest absolute Gasteiger partial charge is 0.237 e. The number of nitrogens with zero attached hydrogens (tertiary/aromatic N) is 3. The van der Waals surface area contributed by atoms with Crippen molar-refractivity contribution in [2.45, 2.75) is 18.6 Å². The molecule has 1 aromatic carbocycles. The first-order chi connectivity index (χ1) is 14.0. The number of carbonyl (C=O) groups is 2. The van der Waals surface area contributed by atoms with Crippen molar-refractivity contribution in [3.8, 4) is 17.3 Å². The predicted octanol–water partition coefficient (Wildman–Crippen LogP) is 1.62. The number of nitrogens with one attached hydrogen (secondary N) is 1. The Kier molecular flexibility index (Phi) is 6.90. The summed E-state index contributed by atoms with van der Waals surface area (Å²) in [4.78, 5) is 23.5. The Morgan fingerprint density at radius 3 is 2.86 bits per heavy atom. The van der Waals surface area contributed by atoms with E-state index in [1.165, 1.54) is 10.8 Å². The van der Waals surface area contributed by atoms with E-state index < -0.39 is 5.91 Å². The van der Waals surface area contributed by atoms with Crippen molar-refractivity contribution in [2.75, 3.05) is 18.9 Å². The van der Waals surface area contributed by atoms with Gasteiger partial charge in [-0.2, -0.15) is 0 Å². The molecule has 9 nitrogen and oxygen atoms in total. The molecule has 0 saturated heterocycles. The van der Waals surface area contributed by atoms with Crippen LogP contribution >= 0.6 is 11.8 Å². The maximum absolute atomic E-state index is 12.1. The van der Waals surface area contributed by atoms with Crippen LogP contribution in [-0.2, 0) is 16.1 Å². The number of amides is 2. The molecule has 0 atom stereocenters. The van der Waals surface area contributed by atoms with Crippen molar-refractivity contribution in [3.05, 3.63) is 48.2 Å². The lowest BCUT2D eigenvalue weighted by Crippen LogP contribution is -2.29. The Morgan fingerprint density at radius 2 is 2.14 bits per heavy atom. The Labute approximate surface area is 171 Å². The molecule has 0 fully saturated rings. The first kappa shape index (κ1) is 20.5. The molecule has 0 aliphatic rings. The van der Waals surface area contributed by atoms with Gasteiger partial charge in [0.1, 0.15) is 18.9 Å². The number of furan rings is 1. The van der Waals surface area contributed by atoms with Crippen molar-refractivity contribution in [1.29, 1.82) is 0 Å². The number of benzene rings is 1. The maximum atomic E-state index is 12.1. The van der Waals surface area contributed by atoms with Crippen molar-refractivity contribution in [1.82, 2.24) is 20.1 Å². The van der Waals surface area contributed by atoms with Crippen LogP contribution in [0.3, 0.4) is 0 Å². The third-order valence-electron chi connectivity index (χ3n) is 3.79. The van der Waals surface area contributed by atoms with Gasteiger partial charge in [-0.25, -0.2) is 0 Å². The van der Waals surface area contributed by atoms with E-state index in [-0.39, 0.29) is 18.2 Å². The number of primary amides is 1. The molecule has 2 aromatic heterocycles. The SMILES string of the molecule is Cc1cccc(OCCNC(=O)CSc2nnc(-c3ccco3)n2CC(N)=O)c1. The zero-order chi connectivity index (χ0) is 20.6. The zero-order valence-electron chi connectivity index (χ0n) is 15.8. The van der Waals surface area contributed by atoms with Gasteiger partial charge in [-0.15, -0.1) is 10.2 Å². The van der Waals surface area contributed by atoms with Gasteiger partial charge in [0, 0.05) is 0 Å². The first-order valence-electron chi connectivity index (χ1n) is 8.87. The second-order valence-electron chi connectivity index (χ2n) is 6.14. The minimum Gasteiger partial charge on any atom is -0.492 e. The molecule has 0 aliphatic heterocycles. The van der Waals surface area contributed by atoms with Crippen molar-refractivity contribution >= 4 is 23.6 Å². The van der Waals surface area contributed by atoms with E-state index in [2.05, 4.69) is 15.5 Å². The van der Waals surface area contributed by atoms with Crippen molar-refractivity contribution in [2.24, 2.45) is 5.73 Å². The third-order valence-corrected chi connectivity index (χ3v) is 4.75. The lowest BCUT2D eigenvalue weighted by molar-refractivity contribution is -0.119. The summed E-state index contributed by atoms with van der Waals surface area (Å²) in [5, 5.41) is 11.3. The summed E-state index contributed by atoms with van der Waals surface area (Å²) in [6, 6.07) is 11.1. The Bertz CT molecular complexity index is 971. The summed E-state index contributed by atoms with van der Waals surface area (Å²) in [5.74, 6) is 0.984. The predicted molar refractivity (Wildman–Crippen MR) is 107 cm³/mol. The minimum absolute atomic E-state index is 0.111.